The van der Waals surface area contributed by atoms with Gasteiger partial charge >= 0.3 is 0 Å². The predicted octanol–water partition coefficient (Wildman–Crippen LogP) is 0.564. The molecule has 2 heterocycles. The molecule has 20 heavy (non-hydrogen) atoms. The minimum Gasteiger partial charge on any atom is -0.395 e. The van der Waals surface area contributed by atoms with E-state index in [1.165, 1.54) is 12.3 Å². The molecule has 0 saturated carbocycles. The number of hydrogen-bond acceptors (Lipinski definition) is 5. The molecule has 2 N–H and O–H groups in total. The van der Waals surface area contributed by atoms with Crippen molar-refractivity contribution in [3.05, 3.63) is 29.8 Å². The lowest BCUT2D eigenvalue weighted by Crippen LogP contribution is -2.48. The van der Waals surface area contributed by atoms with E-state index < -0.39 is 0 Å². The van der Waals surface area contributed by atoms with E-state index in [1.807, 2.05) is 7.05 Å². The number of aliphatic hydroxyl groups excluding tert-OH is 1. The van der Waals surface area contributed by atoms with Crippen LogP contribution in [0.25, 0.3) is 0 Å². The average Bonchev–Trinajstić information content (AvgIpc) is 2.50. The van der Waals surface area contributed by atoms with Crippen LogP contribution in [0.3, 0.4) is 0 Å². The molecule has 2 atom stereocenters. The molecule has 1 saturated heterocycles. The van der Waals surface area contributed by atoms with Crippen molar-refractivity contribution in [2.45, 2.75) is 18.5 Å². The fourth-order valence-electron chi connectivity index (χ4n) is 2.48. The van der Waals surface area contributed by atoms with Gasteiger partial charge in [0.15, 0.2) is 0 Å². The summed E-state index contributed by atoms with van der Waals surface area (Å²) in [7, 11) is 1.87. The first-order valence-electron chi connectivity index (χ1n) is 6.96. The molecule has 1 aromatic heterocycles. The summed E-state index contributed by atoms with van der Waals surface area (Å²) in [6.07, 6.45) is 2.09. The van der Waals surface area contributed by atoms with Gasteiger partial charge in [0.25, 0.3) is 0 Å². The Labute approximate surface area is 118 Å². The molecule has 1 fully saturated rings. The maximum Gasteiger partial charge on any atom is 0.141 e. The van der Waals surface area contributed by atoms with Crippen molar-refractivity contribution in [2.75, 3.05) is 40.0 Å². The van der Waals surface area contributed by atoms with Crippen molar-refractivity contribution < 1.29 is 14.2 Å². The van der Waals surface area contributed by atoms with Gasteiger partial charge in [-0.1, -0.05) is 0 Å². The van der Waals surface area contributed by atoms with Gasteiger partial charge in [-0.15, -0.1) is 0 Å². The van der Waals surface area contributed by atoms with Crippen molar-refractivity contribution in [3.8, 4) is 0 Å². The van der Waals surface area contributed by atoms with E-state index in [-0.39, 0.29) is 24.5 Å². The molecule has 1 aliphatic rings. The smallest absolute Gasteiger partial charge is 0.141 e. The van der Waals surface area contributed by atoms with Gasteiger partial charge in [0.1, 0.15) is 5.82 Å². The van der Waals surface area contributed by atoms with Crippen LogP contribution in [0.2, 0.25) is 0 Å². The van der Waals surface area contributed by atoms with E-state index in [4.69, 9.17) is 4.74 Å². The Bertz CT molecular complexity index is 402. The molecule has 2 unspecified atom stereocenters. The lowest BCUT2D eigenvalue weighted by Gasteiger charge is -2.35. The van der Waals surface area contributed by atoms with Gasteiger partial charge < -0.3 is 15.2 Å². The second-order valence-electron chi connectivity index (χ2n) is 4.98. The quantitative estimate of drug-likeness (QED) is 0.799. The summed E-state index contributed by atoms with van der Waals surface area (Å²) in [6, 6.07) is 3.29. The lowest BCUT2D eigenvalue weighted by molar-refractivity contribution is -0.0285. The second kappa shape index (κ2) is 7.64. The first kappa shape index (κ1) is 15.3. The molecule has 6 heteroatoms. The number of ether oxygens (including phenoxy) is 1. The van der Waals surface area contributed by atoms with Gasteiger partial charge in [0.05, 0.1) is 43.8 Å². The molecule has 112 valence electrons. The highest BCUT2D eigenvalue weighted by molar-refractivity contribution is 5.09. The third kappa shape index (κ3) is 3.96. The largest absolute Gasteiger partial charge is 0.395 e. The zero-order valence-corrected chi connectivity index (χ0v) is 11.8. The predicted molar refractivity (Wildman–Crippen MR) is 73.9 cm³/mol. The van der Waals surface area contributed by atoms with E-state index in [9.17, 15) is 9.50 Å². The molecule has 0 amide bonds. The number of aromatic nitrogens is 1. The van der Waals surface area contributed by atoms with Crippen LogP contribution in [-0.4, -0.2) is 61.0 Å². The monoisotopic (exact) mass is 283 g/mol. The summed E-state index contributed by atoms with van der Waals surface area (Å²) in [6.45, 7) is 3.07. The number of aliphatic hydroxyl groups is 1. The summed E-state index contributed by atoms with van der Waals surface area (Å²) in [5, 5.41) is 12.5. The summed E-state index contributed by atoms with van der Waals surface area (Å²) >= 11 is 0. The Balaban J connectivity index is 1.91. The van der Waals surface area contributed by atoms with Gasteiger partial charge in [-0.25, -0.2) is 4.39 Å². The summed E-state index contributed by atoms with van der Waals surface area (Å²) in [4.78, 5) is 6.36. The maximum atomic E-state index is 12.9. The normalized spacial score (nSPS) is 21.9. The molecule has 1 aromatic rings. The molecule has 0 bridgehead atoms. The van der Waals surface area contributed by atoms with Crippen LogP contribution in [0.15, 0.2) is 18.3 Å². The maximum absolute atomic E-state index is 12.9. The molecule has 0 aliphatic carbocycles. The second-order valence-corrected chi connectivity index (χ2v) is 4.98. The zero-order valence-electron chi connectivity index (χ0n) is 11.8. The molecule has 0 radical (unpaired) electrons. The fraction of sp³-hybridized carbons (Fsp3) is 0.643. The van der Waals surface area contributed by atoms with E-state index >= 15 is 0 Å². The average molecular weight is 283 g/mol. The van der Waals surface area contributed by atoms with Gasteiger partial charge in [0.2, 0.25) is 0 Å². The van der Waals surface area contributed by atoms with Crippen molar-refractivity contribution in [3.63, 3.8) is 0 Å². The van der Waals surface area contributed by atoms with Gasteiger partial charge in [-0.2, -0.15) is 0 Å². The first-order valence-corrected chi connectivity index (χ1v) is 6.96. The molecule has 0 spiro atoms. The van der Waals surface area contributed by atoms with Crippen molar-refractivity contribution in [1.82, 2.24) is 15.2 Å². The standard InChI is InChI=1S/C14H22FN3O2/c1-16-13(14-3-2-11(15)8-17-14)4-5-18-6-7-20-10-12(18)9-19/h2-3,8,12-13,16,19H,4-7,9-10H2,1H3. The van der Waals surface area contributed by atoms with E-state index in [1.54, 1.807) is 6.07 Å². The minimum atomic E-state index is -0.322. The van der Waals surface area contributed by atoms with E-state index in [0.29, 0.717) is 13.2 Å². The van der Waals surface area contributed by atoms with Crippen LogP contribution in [0.1, 0.15) is 18.2 Å². The van der Waals surface area contributed by atoms with Crippen molar-refractivity contribution >= 4 is 0 Å². The topological polar surface area (TPSA) is 57.6 Å². The lowest BCUT2D eigenvalue weighted by atomic mass is 10.1. The highest BCUT2D eigenvalue weighted by atomic mass is 19.1. The van der Waals surface area contributed by atoms with Crippen LogP contribution in [0, 0.1) is 5.82 Å². The Morgan fingerprint density at radius 2 is 2.45 bits per heavy atom. The van der Waals surface area contributed by atoms with E-state index in [2.05, 4.69) is 15.2 Å². The molecule has 2 rings (SSSR count). The number of rotatable bonds is 6. The Kier molecular flexibility index (Phi) is 5.85. The van der Waals surface area contributed by atoms with Crippen molar-refractivity contribution in [2.24, 2.45) is 0 Å². The molecular weight excluding hydrogens is 261 g/mol. The summed E-state index contributed by atoms with van der Waals surface area (Å²) in [5.74, 6) is -0.322. The van der Waals surface area contributed by atoms with Gasteiger partial charge in [0, 0.05) is 13.1 Å². The van der Waals surface area contributed by atoms with Gasteiger partial charge in [-0.05, 0) is 25.6 Å². The number of nitrogens with one attached hydrogen (secondary N) is 1. The minimum absolute atomic E-state index is 0.0717. The summed E-state index contributed by atoms with van der Waals surface area (Å²) in [5.41, 5.74) is 0.836. The number of halogens is 1. The van der Waals surface area contributed by atoms with Gasteiger partial charge in [-0.3, -0.25) is 9.88 Å². The number of pyridine rings is 1. The number of nitrogens with zero attached hydrogens (tertiary/aromatic N) is 2. The third-order valence-electron chi connectivity index (χ3n) is 3.72. The first-order chi connectivity index (χ1) is 9.74. The third-order valence-corrected chi connectivity index (χ3v) is 3.72. The highest BCUT2D eigenvalue weighted by Gasteiger charge is 2.23. The molecular formula is C14H22FN3O2. The Morgan fingerprint density at radius 3 is 3.10 bits per heavy atom. The Hall–Kier alpha value is -1.08. The van der Waals surface area contributed by atoms with Crippen LogP contribution in [0.5, 0.6) is 0 Å². The zero-order chi connectivity index (χ0) is 14.4. The van der Waals surface area contributed by atoms with E-state index in [0.717, 1.165) is 25.2 Å². The van der Waals surface area contributed by atoms with Crippen LogP contribution < -0.4 is 5.32 Å². The summed E-state index contributed by atoms with van der Waals surface area (Å²) < 4.78 is 18.3. The Morgan fingerprint density at radius 1 is 1.60 bits per heavy atom. The highest BCUT2D eigenvalue weighted by Crippen LogP contribution is 2.16. The molecule has 0 aromatic carbocycles. The number of hydrogen-bond donors (Lipinski definition) is 2. The van der Waals surface area contributed by atoms with Crippen molar-refractivity contribution in [1.29, 1.82) is 0 Å². The SMILES string of the molecule is CNC(CCN1CCOCC1CO)c1ccc(F)cn1. The molecule has 1 aliphatic heterocycles. The van der Waals surface area contributed by atoms with Crippen LogP contribution >= 0.6 is 0 Å². The van der Waals surface area contributed by atoms with Crippen LogP contribution in [0.4, 0.5) is 4.39 Å². The fourth-order valence-corrected chi connectivity index (χ4v) is 2.48. The molecule has 5 nitrogen and oxygen atoms in total. The number of morpholine rings is 1. The van der Waals surface area contributed by atoms with Crippen LogP contribution in [-0.2, 0) is 4.74 Å².